The molecule has 2 atom stereocenters. The van der Waals surface area contributed by atoms with Crippen LogP contribution in [0.3, 0.4) is 0 Å². The number of allylic oxidation sites excluding steroid dienone is 7. The summed E-state index contributed by atoms with van der Waals surface area (Å²) < 4.78 is 0. The van der Waals surface area contributed by atoms with Gasteiger partial charge in [-0.25, -0.2) is 0 Å². The summed E-state index contributed by atoms with van der Waals surface area (Å²) in [5.74, 6) is -0.0950. The predicted molar refractivity (Wildman–Crippen MR) is 151 cm³/mol. The van der Waals surface area contributed by atoms with Crippen LogP contribution in [0.4, 0.5) is 0 Å². The van der Waals surface area contributed by atoms with Crippen LogP contribution in [0.25, 0.3) is 0 Å². The lowest BCUT2D eigenvalue weighted by Crippen LogP contribution is -2.45. The number of hydrogen-bond donors (Lipinski definition) is 3. The first-order valence-electron chi connectivity index (χ1n) is 14.4. The Hall–Kier alpha value is -1.65. The molecule has 0 saturated carbocycles. The molecular formula is C31H55NO3. The summed E-state index contributed by atoms with van der Waals surface area (Å²) in [6.45, 7) is 4.15. The number of unbranched alkanes of at least 4 members (excludes halogenated alkanes) is 11. The number of carbonyl (C=O) groups excluding carboxylic acids is 1. The monoisotopic (exact) mass is 489 g/mol. The van der Waals surface area contributed by atoms with E-state index in [0.29, 0.717) is 6.42 Å². The summed E-state index contributed by atoms with van der Waals surface area (Å²) in [6, 6.07) is -0.645. The van der Waals surface area contributed by atoms with Gasteiger partial charge in [-0.05, 0) is 64.2 Å². The van der Waals surface area contributed by atoms with Gasteiger partial charge in [0.25, 0.3) is 0 Å². The van der Waals surface area contributed by atoms with Gasteiger partial charge in [0.15, 0.2) is 0 Å². The highest BCUT2D eigenvalue weighted by molar-refractivity contribution is 5.76. The van der Waals surface area contributed by atoms with Gasteiger partial charge in [0, 0.05) is 6.42 Å². The first kappa shape index (κ1) is 33.4. The molecule has 1 amide bonds. The molecule has 202 valence electrons. The van der Waals surface area contributed by atoms with Gasteiger partial charge in [-0.15, -0.1) is 0 Å². The topological polar surface area (TPSA) is 69.6 Å². The highest BCUT2D eigenvalue weighted by Gasteiger charge is 2.17. The summed E-state index contributed by atoms with van der Waals surface area (Å²) in [5, 5.41) is 22.6. The third kappa shape index (κ3) is 23.8. The van der Waals surface area contributed by atoms with Gasteiger partial charge in [0.1, 0.15) is 0 Å². The van der Waals surface area contributed by atoms with Crippen molar-refractivity contribution < 1.29 is 15.0 Å². The number of aliphatic hydroxyl groups is 2. The number of rotatable bonds is 24. The maximum atomic E-state index is 12.2. The van der Waals surface area contributed by atoms with E-state index in [9.17, 15) is 15.0 Å². The highest BCUT2D eigenvalue weighted by atomic mass is 16.3. The highest BCUT2D eigenvalue weighted by Crippen LogP contribution is 2.09. The molecule has 35 heavy (non-hydrogen) atoms. The van der Waals surface area contributed by atoms with E-state index in [2.05, 4.69) is 55.6 Å². The first-order chi connectivity index (χ1) is 17.2. The smallest absolute Gasteiger partial charge is 0.220 e. The fourth-order valence-corrected chi connectivity index (χ4v) is 3.74. The minimum Gasteiger partial charge on any atom is -0.394 e. The Bertz CT molecular complexity index is 580. The Morgan fingerprint density at radius 3 is 1.77 bits per heavy atom. The molecule has 0 aromatic heterocycles. The van der Waals surface area contributed by atoms with E-state index < -0.39 is 12.1 Å². The van der Waals surface area contributed by atoms with Crippen molar-refractivity contribution in [3.05, 3.63) is 48.6 Å². The van der Waals surface area contributed by atoms with Gasteiger partial charge in [-0.2, -0.15) is 0 Å². The molecule has 0 rings (SSSR count). The van der Waals surface area contributed by atoms with Crippen molar-refractivity contribution in [2.45, 2.75) is 135 Å². The number of nitrogens with one attached hydrogen (secondary N) is 1. The SMILES string of the molecule is CCC/C=C/CC/C=C/CC/C=C/C(O)C(CO)NC(=O)CCCCCCC/C=C\CCCCC. The summed E-state index contributed by atoms with van der Waals surface area (Å²) in [5.41, 5.74) is 0. The number of hydrogen-bond acceptors (Lipinski definition) is 3. The number of carbonyl (C=O) groups is 1. The Balaban J connectivity index is 3.82. The van der Waals surface area contributed by atoms with Gasteiger partial charge in [0.2, 0.25) is 5.91 Å². The zero-order chi connectivity index (χ0) is 25.8. The molecule has 0 saturated heterocycles. The molecule has 0 aromatic rings. The molecule has 0 radical (unpaired) electrons. The van der Waals surface area contributed by atoms with Crippen molar-refractivity contribution in [2.24, 2.45) is 0 Å². The van der Waals surface area contributed by atoms with Gasteiger partial charge in [0.05, 0.1) is 18.8 Å². The summed E-state index contributed by atoms with van der Waals surface area (Å²) in [6.07, 6.45) is 34.6. The Morgan fingerprint density at radius 1 is 0.657 bits per heavy atom. The van der Waals surface area contributed by atoms with E-state index >= 15 is 0 Å². The van der Waals surface area contributed by atoms with Crippen LogP contribution < -0.4 is 5.32 Å². The van der Waals surface area contributed by atoms with Crippen LogP contribution in [-0.2, 0) is 4.79 Å². The molecule has 0 fully saturated rings. The molecule has 3 N–H and O–H groups in total. The Morgan fingerprint density at radius 2 is 1.17 bits per heavy atom. The lowest BCUT2D eigenvalue weighted by atomic mass is 10.1. The Labute approximate surface area is 216 Å². The summed E-state index contributed by atoms with van der Waals surface area (Å²) in [4.78, 5) is 12.2. The molecule has 0 aromatic carbocycles. The van der Waals surface area contributed by atoms with Gasteiger partial charge in [-0.1, -0.05) is 101 Å². The normalized spacial score (nSPS) is 14.1. The van der Waals surface area contributed by atoms with Gasteiger partial charge >= 0.3 is 0 Å². The minimum absolute atomic E-state index is 0.0950. The minimum atomic E-state index is -0.869. The van der Waals surface area contributed by atoms with E-state index in [-0.39, 0.29) is 12.5 Å². The first-order valence-corrected chi connectivity index (χ1v) is 14.4. The van der Waals surface area contributed by atoms with Crippen molar-refractivity contribution in [2.75, 3.05) is 6.61 Å². The second-order valence-corrected chi connectivity index (χ2v) is 9.44. The second kappa shape index (κ2) is 26.9. The second-order valence-electron chi connectivity index (χ2n) is 9.44. The molecule has 2 unspecified atom stereocenters. The van der Waals surface area contributed by atoms with Crippen LogP contribution in [0.15, 0.2) is 48.6 Å². The predicted octanol–water partition coefficient (Wildman–Crippen LogP) is 7.72. The van der Waals surface area contributed by atoms with E-state index in [1.165, 1.54) is 44.9 Å². The van der Waals surface area contributed by atoms with E-state index in [1.54, 1.807) is 6.08 Å². The zero-order valence-electron chi connectivity index (χ0n) is 22.8. The van der Waals surface area contributed by atoms with Crippen molar-refractivity contribution in [3.8, 4) is 0 Å². The quantitative estimate of drug-likeness (QED) is 0.0960. The molecule has 0 bridgehead atoms. The third-order valence-electron chi connectivity index (χ3n) is 5.99. The maximum absolute atomic E-state index is 12.2. The third-order valence-corrected chi connectivity index (χ3v) is 5.99. The van der Waals surface area contributed by atoms with Gasteiger partial charge < -0.3 is 15.5 Å². The maximum Gasteiger partial charge on any atom is 0.220 e. The summed E-state index contributed by atoms with van der Waals surface area (Å²) in [7, 11) is 0. The van der Waals surface area contributed by atoms with Crippen LogP contribution in [0.2, 0.25) is 0 Å². The van der Waals surface area contributed by atoms with Crippen LogP contribution in [0, 0.1) is 0 Å². The van der Waals surface area contributed by atoms with Crippen LogP contribution in [-0.4, -0.2) is 34.9 Å². The molecule has 0 aliphatic heterocycles. The molecule has 4 nitrogen and oxygen atoms in total. The van der Waals surface area contributed by atoms with Crippen molar-refractivity contribution >= 4 is 5.91 Å². The standard InChI is InChI=1S/C31H55NO3/c1-3-5-7-9-11-13-15-17-19-21-23-25-27-31(35)32-29(28-33)30(34)26-24-22-20-18-16-14-12-10-8-6-4-2/h8,10-11,13,16,18,24,26,29-30,33-34H,3-7,9,12,14-15,17,19-23,25,27-28H2,1-2H3,(H,32,35)/b10-8+,13-11-,18-16+,26-24+. The van der Waals surface area contributed by atoms with Crippen LogP contribution in [0.1, 0.15) is 123 Å². The number of amides is 1. The largest absolute Gasteiger partial charge is 0.394 e. The average molecular weight is 490 g/mol. The molecule has 4 heteroatoms. The Kier molecular flexibility index (Phi) is 25.7. The van der Waals surface area contributed by atoms with Crippen molar-refractivity contribution in [1.29, 1.82) is 0 Å². The number of aliphatic hydroxyl groups excluding tert-OH is 2. The molecule has 0 aliphatic carbocycles. The lowest BCUT2D eigenvalue weighted by molar-refractivity contribution is -0.123. The van der Waals surface area contributed by atoms with Crippen molar-refractivity contribution in [1.82, 2.24) is 5.32 Å². The summed E-state index contributed by atoms with van der Waals surface area (Å²) >= 11 is 0. The molecule has 0 aliphatic rings. The fourth-order valence-electron chi connectivity index (χ4n) is 3.74. The fraction of sp³-hybridized carbons (Fsp3) is 0.710. The zero-order valence-corrected chi connectivity index (χ0v) is 22.8. The van der Waals surface area contributed by atoms with Crippen LogP contribution >= 0.6 is 0 Å². The molecule has 0 spiro atoms. The van der Waals surface area contributed by atoms with Gasteiger partial charge in [-0.3, -0.25) is 4.79 Å². The molecular weight excluding hydrogens is 434 g/mol. The average Bonchev–Trinajstić information content (AvgIpc) is 2.86. The van der Waals surface area contributed by atoms with E-state index in [0.717, 1.165) is 57.8 Å². The van der Waals surface area contributed by atoms with Crippen LogP contribution in [0.5, 0.6) is 0 Å². The molecule has 0 heterocycles. The van der Waals surface area contributed by atoms with E-state index in [1.807, 2.05) is 6.08 Å². The van der Waals surface area contributed by atoms with E-state index in [4.69, 9.17) is 0 Å². The van der Waals surface area contributed by atoms with Crippen molar-refractivity contribution in [3.63, 3.8) is 0 Å². The lowest BCUT2D eigenvalue weighted by Gasteiger charge is -2.19.